The van der Waals surface area contributed by atoms with Crippen LogP contribution in [-0.4, -0.2) is 29.7 Å². The van der Waals surface area contributed by atoms with Gasteiger partial charge in [-0.2, -0.15) is 0 Å². The second-order valence-corrected chi connectivity index (χ2v) is 3.57. The van der Waals surface area contributed by atoms with Gasteiger partial charge in [0.05, 0.1) is 0 Å². The molecule has 0 spiro atoms. The Balaban J connectivity index is 2.49. The van der Waals surface area contributed by atoms with E-state index in [1.807, 2.05) is 0 Å². The van der Waals surface area contributed by atoms with Crippen LogP contribution in [0.2, 0.25) is 0 Å². The first kappa shape index (κ1) is 13.0. The molecule has 0 aromatic heterocycles. The van der Waals surface area contributed by atoms with Crippen molar-refractivity contribution >= 4 is 21.8 Å². The number of hydrogen-bond acceptors (Lipinski definition) is 3. The van der Waals surface area contributed by atoms with Gasteiger partial charge in [-0.25, -0.2) is 0 Å². The highest BCUT2D eigenvalue weighted by Gasteiger charge is 2.04. The van der Waals surface area contributed by atoms with Crippen molar-refractivity contribution in [3.05, 3.63) is 29.8 Å². The molecule has 0 radical (unpaired) electrons. The van der Waals surface area contributed by atoms with Gasteiger partial charge in [0.1, 0.15) is 11.3 Å². The van der Waals surface area contributed by atoms with E-state index in [9.17, 15) is 4.79 Å². The molecular weight excluding hydrogens is 274 g/mol. The zero-order chi connectivity index (χ0) is 11.8. The maximum Gasteiger partial charge on any atom is 0.251 e. The molecule has 0 heterocycles. The number of rotatable bonds is 6. The summed E-state index contributed by atoms with van der Waals surface area (Å²) >= 11 is 3.15. The highest BCUT2D eigenvalue weighted by molar-refractivity contribution is 9.09. The molecule has 16 heavy (non-hydrogen) atoms. The second-order valence-electron chi connectivity index (χ2n) is 3.11. The van der Waals surface area contributed by atoms with E-state index in [1.165, 1.54) is 0 Å². The van der Waals surface area contributed by atoms with Crippen molar-refractivity contribution in [2.24, 2.45) is 0 Å². The molecule has 5 heteroatoms. The Hall–Kier alpha value is -1.07. The summed E-state index contributed by atoms with van der Waals surface area (Å²) in [6.45, 7) is 0.563. The molecule has 0 aliphatic carbocycles. The van der Waals surface area contributed by atoms with Gasteiger partial charge in [0.2, 0.25) is 0 Å². The van der Waals surface area contributed by atoms with Gasteiger partial charge < -0.3 is 15.2 Å². The Morgan fingerprint density at radius 3 is 2.62 bits per heavy atom. The summed E-state index contributed by atoms with van der Waals surface area (Å²) in [5, 5.41) is 11.3. The lowest BCUT2D eigenvalue weighted by Crippen LogP contribution is -2.24. The average Bonchev–Trinajstić information content (AvgIpc) is 2.30. The lowest BCUT2D eigenvalue weighted by atomic mass is 10.2. The smallest absolute Gasteiger partial charge is 0.251 e. The van der Waals surface area contributed by atoms with Crippen LogP contribution in [0.25, 0.3) is 0 Å². The molecule has 2 N–H and O–H groups in total. The minimum atomic E-state index is -0.140. The fourth-order valence-corrected chi connectivity index (χ4v) is 1.41. The molecule has 0 atom stereocenters. The zero-order valence-corrected chi connectivity index (χ0v) is 10.4. The summed E-state index contributed by atoms with van der Waals surface area (Å²) in [6, 6.07) is 6.88. The third kappa shape index (κ3) is 4.20. The van der Waals surface area contributed by atoms with E-state index in [-0.39, 0.29) is 12.5 Å². The summed E-state index contributed by atoms with van der Waals surface area (Å²) in [7, 11) is 0. The lowest BCUT2D eigenvalue weighted by Gasteiger charge is -2.05. The monoisotopic (exact) mass is 287 g/mol. The second kappa shape index (κ2) is 7.24. The molecule has 0 unspecified atom stereocenters. The molecule has 88 valence electrons. The number of ether oxygens (including phenoxy) is 1. The topological polar surface area (TPSA) is 58.6 Å². The number of aliphatic hydroxyl groups excluding tert-OH is 1. The van der Waals surface area contributed by atoms with Gasteiger partial charge in [-0.05, 0) is 46.6 Å². The van der Waals surface area contributed by atoms with Crippen molar-refractivity contribution in [2.75, 3.05) is 18.7 Å². The van der Waals surface area contributed by atoms with Crippen LogP contribution in [0, 0.1) is 0 Å². The summed E-state index contributed by atoms with van der Waals surface area (Å²) in [4.78, 5) is 11.5. The van der Waals surface area contributed by atoms with E-state index < -0.39 is 0 Å². The summed E-state index contributed by atoms with van der Waals surface area (Å²) in [5.41, 5.74) is 1.01. The number of nitrogens with one attached hydrogen (secondary N) is 1. The quantitative estimate of drug-likeness (QED) is 0.616. The van der Waals surface area contributed by atoms with Gasteiger partial charge in [0, 0.05) is 18.7 Å². The number of benzene rings is 1. The van der Waals surface area contributed by atoms with Crippen LogP contribution >= 0.6 is 15.9 Å². The van der Waals surface area contributed by atoms with Gasteiger partial charge in [-0.3, -0.25) is 4.79 Å². The normalized spacial score (nSPS) is 9.88. The predicted octanol–water partition coefficient (Wildman–Crippen LogP) is 1.53. The Bertz CT molecular complexity index is 327. The Kier molecular flexibility index (Phi) is 5.88. The molecule has 4 nitrogen and oxygen atoms in total. The number of amides is 1. The number of hydrogen-bond donors (Lipinski definition) is 2. The van der Waals surface area contributed by atoms with Gasteiger partial charge in [-0.1, -0.05) is 0 Å². The molecule has 0 aliphatic heterocycles. The van der Waals surface area contributed by atoms with Crippen molar-refractivity contribution < 1.29 is 14.6 Å². The fourth-order valence-electron chi connectivity index (χ4n) is 1.15. The first-order valence-electron chi connectivity index (χ1n) is 4.96. The summed E-state index contributed by atoms with van der Waals surface area (Å²) in [5.74, 6) is 0.572. The Labute approximate surface area is 103 Å². The van der Waals surface area contributed by atoms with E-state index in [0.717, 1.165) is 0 Å². The molecule has 0 aliphatic rings. The summed E-state index contributed by atoms with van der Waals surface area (Å²) < 4.78 is 5.19. The first-order valence-corrected chi connectivity index (χ1v) is 6.08. The maximum atomic E-state index is 11.5. The van der Waals surface area contributed by atoms with Crippen LogP contribution in [-0.2, 0) is 0 Å². The first-order chi connectivity index (χ1) is 7.77. The van der Waals surface area contributed by atoms with Crippen LogP contribution in [0.5, 0.6) is 5.75 Å². The van der Waals surface area contributed by atoms with Crippen molar-refractivity contribution in [1.82, 2.24) is 5.32 Å². The van der Waals surface area contributed by atoms with Crippen molar-refractivity contribution in [3.63, 3.8) is 0 Å². The van der Waals surface area contributed by atoms with Crippen molar-refractivity contribution in [1.29, 1.82) is 0 Å². The SMILES string of the molecule is O=C(NCCCO)c1ccc(OCBr)cc1. The number of aliphatic hydroxyl groups is 1. The molecule has 0 saturated carbocycles. The fraction of sp³-hybridized carbons (Fsp3) is 0.364. The van der Waals surface area contributed by atoms with Crippen molar-refractivity contribution in [3.8, 4) is 5.75 Å². The van der Waals surface area contributed by atoms with Crippen LogP contribution in [0.3, 0.4) is 0 Å². The number of alkyl halides is 1. The molecular formula is C11H14BrNO3. The standard InChI is InChI=1S/C11H14BrNO3/c12-8-16-10-4-2-9(3-5-10)11(15)13-6-1-7-14/h2-5,14H,1,6-8H2,(H,13,15). The van der Waals surface area contributed by atoms with E-state index >= 15 is 0 Å². The molecule has 1 aromatic carbocycles. The molecule has 1 aromatic rings. The molecule has 1 amide bonds. The summed E-state index contributed by atoms with van der Waals surface area (Å²) in [6.07, 6.45) is 0.566. The Morgan fingerprint density at radius 1 is 1.38 bits per heavy atom. The van der Waals surface area contributed by atoms with E-state index in [2.05, 4.69) is 21.2 Å². The highest BCUT2D eigenvalue weighted by atomic mass is 79.9. The van der Waals surface area contributed by atoms with Gasteiger partial charge in [0.15, 0.2) is 0 Å². The third-order valence-corrected chi connectivity index (χ3v) is 2.19. The molecule has 0 saturated heterocycles. The highest BCUT2D eigenvalue weighted by Crippen LogP contribution is 2.12. The van der Waals surface area contributed by atoms with Crippen molar-refractivity contribution in [2.45, 2.75) is 6.42 Å². The van der Waals surface area contributed by atoms with Crippen LogP contribution in [0.4, 0.5) is 0 Å². The minimum absolute atomic E-state index is 0.0817. The molecule has 1 rings (SSSR count). The molecule has 0 bridgehead atoms. The van der Waals surface area contributed by atoms with E-state index in [1.54, 1.807) is 24.3 Å². The van der Waals surface area contributed by atoms with Gasteiger partial charge >= 0.3 is 0 Å². The van der Waals surface area contributed by atoms with Crippen LogP contribution < -0.4 is 10.1 Å². The minimum Gasteiger partial charge on any atom is -0.482 e. The van der Waals surface area contributed by atoms with Crippen LogP contribution in [0.15, 0.2) is 24.3 Å². The van der Waals surface area contributed by atoms with Gasteiger partial charge in [0.25, 0.3) is 5.91 Å². The maximum absolute atomic E-state index is 11.5. The number of carbonyl (C=O) groups is 1. The Morgan fingerprint density at radius 2 is 2.06 bits per heavy atom. The largest absolute Gasteiger partial charge is 0.482 e. The number of carbonyl (C=O) groups excluding carboxylic acids is 1. The van der Waals surface area contributed by atoms with E-state index in [0.29, 0.717) is 29.8 Å². The average molecular weight is 288 g/mol. The molecule has 0 fully saturated rings. The lowest BCUT2D eigenvalue weighted by molar-refractivity contribution is 0.0951. The number of halogens is 1. The van der Waals surface area contributed by atoms with Gasteiger partial charge in [-0.15, -0.1) is 0 Å². The zero-order valence-electron chi connectivity index (χ0n) is 8.78. The third-order valence-electron chi connectivity index (χ3n) is 1.96. The predicted molar refractivity (Wildman–Crippen MR) is 64.9 cm³/mol. The van der Waals surface area contributed by atoms with Crippen LogP contribution in [0.1, 0.15) is 16.8 Å². The van der Waals surface area contributed by atoms with E-state index in [4.69, 9.17) is 9.84 Å².